The minimum atomic E-state index is -3.56. The number of nitrogens with zero attached hydrogens (tertiary/aromatic N) is 2. The molecule has 1 saturated heterocycles. The molecule has 0 saturated carbocycles. The first-order chi connectivity index (χ1) is 11.5. The van der Waals surface area contributed by atoms with Crippen LogP contribution in [0.3, 0.4) is 0 Å². The summed E-state index contributed by atoms with van der Waals surface area (Å²) in [5.41, 5.74) is 0.427. The van der Waals surface area contributed by atoms with Gasteiger partial charge in [-0.25, -0.2) is 8.42 Å². The number of carbonyl (C=O) groups is 1. The summed E-state index contributed by atoms with van der Waals surface area (Å²) >= 11 is 0. The van der Waals surface area contributed by atoms with Crippen LogP contribution in [0.5, 0.6) is 0 Å². The Morgan fingerprint density at radius 2 is 1.92 bits per heavy atom. The molecule has 1 aromatic rings. The van der Waals surface area contributed by atoms with Crippen molar-refractivity contribution in [1.82, 2.24) is 9.62 Å². The van der Waals surface area contributed by atoms with Gasteiger partial charge in [-0.05, 0) is 43.5 Å². The van der Waals surface area contributed by atoms with Crippen LogP contribution in [0.15, 0.2) is 29.2 Å². The summed E-state index contributed by atoms with van der Waals surface area (Å²) in [7, 11) is -3.56. The van der Waals surface area contributed by atoms with Crippen LogP contribution in [0, 0.1) is 17.2 Å². The number of hydrogen-bond donors (Lipinski definition) is 1. The van der Waals surface area contributed by atoms with Crippen molar-refractivity contribution in [3.05, 3.63) is 29.8 Å². The minimum absolute atomic E-state index is 0.0267. The van der Waals surface area contributed by atoms with Crippen molar-refractivity contribution >= 4 is 15.9 Å². The molecule has 0 unspecified atom stereocenters. The lowest BCUT2D eigenvalue weighted by Crippen LogP contribution is -2.43. The van der Waals surface area contributed by atoms with Gasteiger partial charge in [-0.2, -0.15) is 9.57 Å². The summed E-state index contributed by atoms with van der Waals surface area (Å²) in [5.74, 6) is -0.0897. The van der Waals surface area contributed by atoms with Gasteiger partial charge in [0.15, 0.2) is 0 Å². The van der Waals surface area contributed by atoms with Gasteiger partial charge in [0.25, 0.3) is 0 Å². The van der Waals surface area contributed by atoms with Crippen molar-refractivity contribution in [3.63, 3.8) is 0 Å². The molecule has 0 aliphatic carbocycles. The molecule has 6 nitrogen and oxygen atoms in total. The molecular formula is C17H23N3O3S. The highest BCUT2D eigenvalue weighted by Gasteiger charge is 2.31. The second-order valence-electron chi connectivity index (χ2n) is 5.96. The third-order valence-electron chi connectivity index (χ3n) is 4.28. The van der Waals surface area contributed by atoms with Crippen molar-refractivity contribution in [2.45, 2.75) is 37.5 Å². The zero-order valence-corrected chi connectivity index (χ0v) is 14.7. The lowest BCUT2D eigenvalue weighted by molar-refractivity contribution is -0.126. The summed E-state index contributed by atoms with van der Waals surface area (Å²) in [6, 6.07) is 7.88. The maximum absolute atomic E-state index is 12.6. The minimum Gasteiger partial charge on any atom is -0.356 e. The van der Waals surface area contributed by atoms with E-state index in [1.54, 1.807) is 0 Å². The second kappa shape index (κ2) is 8.27. The summed E-state index contributed by atoms with van der Waals surface area (Å²) < 4.78 is 26.7. The predicted molar refractivity (Wildman–Crippen MR) is 90.6 cm³/mol. The average molecular weight is 349 g/mol. The molecule has 1 amide bonds. The van der Waals surface area contributed by atoms with Gasteiger partial charge >= 0.3 is 0 Å². The standard InChI is InChI=1S/C17H23N3O3S/c1-2-3-10-19-17(21)15-8-11-20(12-9-15)24(22,23)16-6-4-14(13-18)5-7-16/h4-7,15H,2-3,8-12H2,1H3,(H,19,21). The number of nitriles is 1. The van der Waals surface area contributed by atoms with E-state index in [0.29, 0.717) is 38.0 Å². The fourth-order valence-electron chi connectivity index (χ4n) is 2.74. The number of carbonyl (C=O) groups excluding carboxylic acids is 1. The van der Waals surface area contributed by atoms with Crippen molar-refractivity contribution in [2.24, 2.45) is 5.92 Å². The Morgan fingerprint density at radius 3 is 2.46 bits per heavy atom. The van der Waals surface area contributed by atoms with Crippen LogP contribution >= 0.6 is 0 Å². The molecule has 1 fully saturated rings. The second-order valence-corrected chi connectivity index (χ2v) is 7.90. The molecule has 1 N–H and O–H groups in total. The molecule has 0 bridgehead atoms. The van der Waals surface area contributed by atoms with Gasteiger partial charge in [0, 0.05) is 25.6 Å². The van der Waals surface area contributed by atoms with E-state index in [0.717, 1.165) is 12.8 Å². The van der Waals surface area contributed by atoms with Crippen LogP contribution in [0.4, 0.5) is 0 Å². The van der Waals surface area contributed by atoms with E-state index < -0.39 is 10.0 Å². The number of benzene rings is 1. The molecule has 1 aliphatic rings. The number of unbranched alkanes of at least 4 members (excludes halogenated alkanes) is 1. The van der Waals surface area contributed by atoms with E-state index in [1.165, 1.54) is 28.6 Å². The molecule has 7 heteroatoms. The summed E-state index contributed by atoms with van der Waals surface area (Å²) in [6.45, 7) is 3.43. The predicted octanol–water partition coefficient (Wildman–Crippen LogP) is 1.88. The van der Waals surface area contributed by atoms with E-state index in [4.69, 9.17) is 5.26 Å². The van der Waals surface area contributed by atoms with Crippen LogP contribution < -0.4 is 5.32 Å². The van der Waals surface area contributed by atoms with E-state index in [1.807, 2.05) is 6.07 Å². The van der Waals surface area contributed by atoms with E-state index in [2.05, 4.69) is 12.2 Å². The lowest BCUT2D eigenvalue weighted by Gasteiger charge is -2.30. The number of sulfonamides is 1. The molecule has 0 atom stereocenters. The number of piperidine rings is 1. The van der Waals surface area contributed by atoms with E-state index in [9.17, 15) is 13.2 Å². The summed E-state index contributed by atoms with van der Waals surface area (Å²) in [5, 5.41) is 11.7. The number of hydrogen-bond acceptors (Lipinski definition) is 4. The van der Waals surface area contributed by atoms with Crippen LogP contribution in [0.1, 0.15) is 38.2 Å². The van der Waals surface area contributed by atoms with Crippen molar-refractivity contribution < 1.29 is 13.2 Å². The van der Waals surface area contributed by atoms with Crippen LogP contribution in [-0.4, -0.2) is 38.3 Å². The lowest BCUT2D eigenvalue weighted by atomic mass is 9.97. The normalized spacial score (nSPS) is 16.5. The van der Waals surface area contributed by atoms with Gasteiger partial charge in [-0.1, -0.05) is 13.3 Å². The zero-order valence-electron chi connectivity index (χ0n) is 13.9. The van der Waals surface area contributed by atoms with Gasteiger partial charge in [0.2, 0.25) is 15.9 Å². The molecule has 24 heavy (non-hydrogen) atoms. The number of rotatable bonds is 6. The smallest absolute Gasteiger partial charge is 0.243 e. The molecule has 1 aromatic carbocycles. The molecule has 0 spiro atoms. The first-order valence-electron chi connectivity index (χ1n) is 8.27. The van der Waals surface area contributed by atoms with Gasteiger partial charge in [-0.15, -0.1) is 0 Å². The van der Waals surface area contributed by atoms with Crippen molar-refractivity contribution in [2.75, 3.05) is 19.6 Å². The van der Waals surface area contributed by atoms with Crippen LogP contribution in [0.2, 0.25) is 0 Å². The molecule has 0 aromatic heterocycles. The van der Waals surface area contributed by atoms with Crippen molar-refractivity contribution in [3.8, 4) is 6.07 Å². The maximum atomic E-state index is 12.6. The molecule has 130 valence electrons. The first kappa shape index (κ1) is 18.4. The SMILES string of the molecule is CCCCNC(=O)C1CCN(S(=O)(=O)c2ccc(C#N)cc2)CC1. The highest BCUT2D eigenvalue weighted by Crippen LogP contribution is 2.24. The summed E-state index contributed by atoms with van der Waals surface area (Å²) in [4.78, 5) is 12.2. The third kappa shape index (κ3) is 4.34. The van der Waals surface area contributed by atoms with E-state index in [-0.39, 0.29) is 16.7 Å². The van der Waals surface area contributed by atoms with Crippen molar-refractivity contribution in [1.29, 1.82) is 5.26 Å². The van der Waals surface area contributed by atoms with E-state index >= 15 is 0 Å². The van der Waals surface area contributed by atoms with Gasteiger partial charge in [-0.3, -0.25) is 4.79 Å². The molecule has 0 radical (unpaired) electrons. The largest absolute Gasteiger partial charge is 0.356 e. The highest BCUT2D eigenvalue weighted by molar-refractivity contribution is 7.89. The molecule has 1 heterocycles. The first-order valence-corrected chi connectivity index (χ1v) is 9.71. The maximum Gasteiger partial charge on any atom is 0.243 e. The van der Waals surface area contributed by atoms with Crippen LogP contribution in [-0.2, 0) is 14.8 Å². The Morgan fingerprint density at radius 1 is 1.29 bits per heavy atom. The Hall–Kier alpha value is -1.91. The number of amides is 1. The monoisotopic (exact) mass is 349 g/mol. The van der Waals surface area contributed by atoms with Gasteiger partial charge in [0.05, 0.1) is 16.5 Å². The highest BCUT2D eigenvalue weighted by atomic mass is 32.2. The molecular weight excluding hydrogens is 326 g/mol. The molecule has 1 aliphatic heterocycles. The molecule has 2 rings (SSSR count). The topological polar surface area (TPSA) is 90.3 Å². The third-order valence-corrected chi connectivity index (χ3v) is 6.19. The Balaban J connectivity index is 1.95. The Labute approximate surface area is 143 Å². The fourth-order valence-corrected chi connectivity index (χ4v) is 4.21. The Bertz CT molecular complexity index is 700. The number of nitrogens with one attached hydrogen (secondary N) is 1. The quantitative estimate of drug-likeness (QED) is 0.794. The fraction of sp³-hybridized carbons (Fsp3) is 0.529. The van der Waals surface area contributed by atoms with Crippen LogP contribution in [0.25, 0.3) is 0 Å². The summed E-state index contributed by atoms with van der Waals surface area (Å²) in [6.07, 6.45) is 3.06. The zero-order chi connectivity index (χ0) is 17.6. The average Bonchev–Trinajstić information content (AvgIpc) is 2.62. The van der Waals surface area contributed by atoms with Gasteiger partial charge in [0.1, 0.15) is 0 Å². The van der Waals surface area contributed by atoms with Gasteiger partial charge < -0.3 is 5.32 Å². The Kier molecular flexibility index (Phi) is 6.35.